The number of hydrogen-bond acceptors (Lipinski definition) is 2. The Morgan fingerprint density at radius 1 is 1.20 bits per heavy atom. The first-order chi connectivity index (χ1) is 9.74. The van der Waals surface area contributed by atoms with Crippen LogP contribution >= 0.6 is 0 Å². The van der Waals surface area contributed by atoms with E-state index in [-0.39, 0.29) is 5.91 Å². The Kier molecular flexibility index (Phi) is 4.99. The summed E-state index contributed by atoms with van der Waals surface area (Å²) in [5, 5.41) is 0. The van der Waals surface area contributed by atoms with E-state index in [1.165, 1.54) is 5.56 Å². The Hall–Kier alpha value is -2.03. The summed E-state index contributed by atoms with van der Waals surface area (Å²) in [5.41, 5.74) is 2.03. The quantitative estimate of drug-likeness (QED) is 0.821. The number of amides is 1. The Bertz CT molecular complexity index is 501. The van der Waals surface area contributed by atoms with E-state index in [9.17, 15) is 4.79 Å². The van der Waals surface area contributed by atoms with Crippen LogP contribution in [0.3, 0.4) is 0 Å². The lowest BCUT2D eigenvalue weighted by atomic mass is 10.1. The lowest BCUT2D eigenvalue weighted by molar-refractivity contribution is -0.126. The summed E-state index contributed by atoms with van der Waals surface area (Å²) < 4.78 is 0. The molecule has 0 saturated carbocycles. The monoisotopic (exact) mass is 270 g/mol. The van der Waals surface area contributed by atoms with Crippen LogP contribution in [0.5, 0.6) is 0 Å². The van der Waals surface area contributed by atoms with E-state index in [4.69, 9.17) is 0 Å². The molecule has 1 aliphatic heterocycles. The van der Waals surface area contributed by atoms with Gasteiger partial charge in [-0.15, -0.1) is 0 Å². The Morgan fingerprint density at radius 3 is 2.55 bits per heavy atom. The molecule has 1 aliphatic rings. The highest BCUT2D eigenvalue weighted by Gasteiger charge is 2.16. The average Bonchev–Trinajstić information content (AvgIpc) is 2.49. The summed E-state index contributed by atoms with van der Waals surface area (Å²) in [4.78, 5) is 16.4. The van der Waals surface area contributed by atoms with Crippen LogP contribution < -0.4 is 0 Å². The van der Waals surface area contributed by atoms with Crippen molar-refractivity contribution < 1.29 is 4.79 Å². The van der Waals surface area contributed by atoms with Gasteiger partial charge in [0.1, 0.15) is 0 Å². The van der Waals surface area contributed by atoms with E-state index in [1.54, 1.807) is 0 Å². The molecule has 2 rings (SSSR count). The van der Waals surface area contributed by atoms with Crippen molar-refractivity contribution in [3.05, 3.63) is 59.8 Å². The van der Waals surface area contributed by atoms with Crippen LogP contribution in [-0.4, -0.2) is 35.3 Å². The largest absolute Gasteiger partial charge is 0.369 e. The van der Waals surface area contributed by atoms with Gasteiger partial charge in [0.25, 0.3) is 5.91 Å². The number of carbonyl (C=O) groups is 1. The number of hydrogen-bond donors (Lipinski definition) is 0. The molecule has 106 valence electrons. The molecule has 0 saturated heterocycles. The van der Waals surface area contributed by atoms with Crippen molar-refractivity contribution in [2.45, 2.75) is 20.4 Å². The van der Waals surface area contributed by atoms with Gasteiger partial charge >= 0.3 is 0 Å². The Balaban J connectivity index is 2.07. The predicted molar refractivity (Wildman–Crippen MR) is 82.0 cm³/mol. The van der Waals surface area contributed by atoms with Crippen LogP contribution in [0.25, 0.3) is 0 Å². The molecule has 0 bridgehead atoms. The van der Waals surface area contributed by atoms with Crippen molar-refractivity contribution in [1.29, 1.82) is 0 Å². The summed E-state index contributed by atoms with van der Waals surface area (Å²) in [7, 11) is 0. The minimum Gasteiger partial charge on any atom is -0.369 e. The molecule has 0 radical (unpaired) electrons. The molecule has 1 aromatic carbocycles. The molecule has 1 heterocycles. The second-order valence-corrected chi connectivity index (χ2v) is 4.88. The van der Waals surface area contributed by atoms with Crippen molar-refractivity contribution in [2.24, 2.45) is 0 Å². The minimum atomic E-state index is 0.115. The zero-order valence-electron chi connectivity index (χ0n) is 12.2. The van der Waals surface area contributed by atoms with Crippen molar-refractivity contribution in [1.82, 2.24) is 9.80 Å². The summed E-state index contributed by atoms with van der Waals surface area (Å²) >= 11 is 0. The van der Waals surface area contributed by atoms with Gasteiger partial charge in [0.2, 0.25) is 0 Å². The predicted octanol–water partition coefficient (Wildman–Crippen LogP) is 2.81. The SMILES string of the molecule is CCN(CC)C(=O)C1=CN(Cc2ccccc2)CC=C1. The third-order valence-electron chi connectivity index (χ3n) is 3.49. The molecule has 0 atom stereocenters. The summed E-state index contributed by atoms with van der Waals surface area (Å²) in [6.45, 7) is 7.20. The molecule has 0 aliphatic carbocycles. The molecule has 0 unspecified atom stereocenters. The number of rotatable bonds is 5. The van der Waals surface area contributed by atoms with Crippen molar-refractivity contribution >= 4 is 5.91 Å². The fourth-order valence-corrected chi connectivity index (χ4v) is 2.36. The van der Waals surface area contributed by atoms with Gasteiger partial charge in [0.15, 0.2) is 0 Å². The standard InChI is InChI=1S/C17H22N2O/c1-3-19(4-2)17(20)16-11-8-12-18(14-16)13-15-9-6-5-7-10-15/h5-11,14H,3-4,12-13H2,1-2H3. The van der Waals surface area contributed by atoms with Crippen LogP contribution in [0.1, 0.15) is 19.4 Å². The summed E-state index contributed by atoms with van der Waals surface area (Å²) in [5.74, 6) is 0.115. The Morgan fingerprint density at radius 2 is 1.90 bits per heavy atom. The first kappa shape index (κ1) is 14.4. The van der Waals surface area contributed by atoms with Gasteiger partial charge in [-0.25, -0.2) is 0 Å². The molecular formula is C17H22N2O. The van der Waals surface area contributed by atoms with E-state index in [0.29, 0.717) is 0 Å². The molecule has 1 amide bonds. The maximum absolute atomic E-state index is 12.3. The normalized spacial score (nSPS) is 14.1. The van der Waals surface area contributed by atoms with E-state index in [0.717, 1.165) is 31.8 Å². The third kappa shape index (κ3) is 3.50. The number of likely N-dealkylation sites (N-methyl/N-ethyl adjacent to an activating group) is 1. The van der Waals surface area contributed by atoms with Gasteiger partial charge < -0.3 is 9.80 Å². The highest BCUT2D eigenvalue weighted by atomic mass is 16.2. The smallest absolute Gasteiger partial charge is 0.255 e. The van der Waals surface area contributed by atoms with E-state index >= 15 is 0 Å². The van der Waals surface area contributed by atoms with E-state index < -0.39 is 0 Å². The number of nitrogens with zero attached hydrogens (tertiary/aromatic N) is 2. The zero-order valence-corrected chi connectivity index (χ0v) is 12.2. The summed E-state index contributed by atoms with van der Waals surface area (Å²) in [6.07, 6.45) is 5.97. The topological polar surface area (TPSA) is 23.6 Å². The lowest BCUT2D eigenvalue weighted by Crippen LogP contribution is -2.33. The van der Waals surface area contributed by atoms with Crippen LogP contribution in [0.2, 0.25) is 0 Å². The fraction of sp³-hybridized carbons (Fsp3) is 0.353. The van der Waals surface area contributed by atoms with Crippen molar-refractivity contribution in [2.75, 3.05) is 19.6 Å². The van der Waals surface area contributed by atoms with Gasteiger partial charge in [-0.05, 0) is 19.4 Å². The second kappa shape index (κ2) is 6.94. The van der Waals surface area contributed by atoms with Crippen molar-refractivity contribution in [3.63, 3.8) is 0 Å². The number of carbonyl (C=O) groups excluding carboxylic acids is 1. The second-order valence-electron chi connectivity index (χ2n) is 4.88. The molecule has 0 spiro atoms. The van der Waals surface area contributed by atoms with E-state index in [1.807, 2.05) is 49.2 Å². The fourth-order valence-electron chi connectivity index (χ4n) is 2.36. The maximum atomic E-state index is 12.3. The molecule has 3 heteroatoms. The maximum Gasteiger partial charge on any atom is 0.255 e. The Labute approximate surface area is 121 Å². The molecule has 1 aromatic rings. The zero-order chi connectivity index (χ0) is 14.4. The highest BCUT2D eigenvalue weighted by molar-refractivity contribution is 5.96. The summed E-state index contributed by atoms with van der Waals surface area (Å²) in [6, 6.07) is 10.3. The van der Waals surface area contributed by atoms with Gasteiger partial charge in [-0.2, -0.15) is 0 Å². The lowest BCUT2D eigenvalue weighted by Gasteiger charge is -2.25. The first-order valence-electron chi connectivity index (χ1n) is 7.20. The van der Waals surface area contributed by atoms with Gasteiger partial charge in [-0.1, -0.05) is 42.5 Å². The molecule has 3 nitrogen and oxygen atoms in total. The van der Waals surface area contributed by atoms with Crippen molar-refractivity contribution in [3.8, 4) is 0 Å². The molecule has 0 fully saturated rings. The first-order valence-corrected chi connectivity index (χ1v) is 7.20. The van der Waals surface area contributed by atoms with Crippen LogP contribution in [-0.2, 0) is 11.3 Å². The highest BCUT2D eigenvalue weighted by Crippen LogP contribution is 2.14. The van der Waals surface area contributed by atoms with E-state index in [2.05, 4.69) is 23.1 Å². The third-order valence-corrected chi connectivity index (χ3v) is 3.49. The number of benzene rings is 1. The molecule has 20 heavy (non-hydrogen) atoms. The average molecular weight is 270 g/mol. The van der Waals surface area contributed by atoms with Crippen LogP contribution in [0.4, 0.5) is 0 Å². The molecular weight excluding hydrogens is 248 g/mol. The molecule has 0 aromatic heterocycles. The van der Waals surface area contributed by atoms with Crippen LogP contribution in [0.15, 0.2) is 54.3 Å². The molecule has 0 N–H and O–H groups in total. The minimum absolute atomic E-state index is 0.115. The van der Waals surface area contributed by atoms with Gasteiger partial charge in [-0.3, -0.25) is 4.79 Å². The van der Waals surface area contributed by atoms with Gasteiger partial charge in [0, 0.05) is 32.4 Å². The van der Waals surface area contributed by atoms with Gasteiger partial charge in [0.05, 0.1) is 5.57 Å². The van der Waals surface area contributed by atoms with Crippen LogP contribution in [0, 0.1) is 0 Å².